The summed E-state index contributed by atoms with van der Waals surface area (Å²) in [4.78, 5) is 47.1. The number of halogens is 1. The molecule has 2 aromatic carbocycles. The highest BCUT2D eigenvalue weighted by Crippen LogP contribution is 2.20. The van der Waals surface area contributed by atoms with Crippen molar-refractivity contribution in [2.24, 2.45) is 0 Å². The molecule has 2 N–H and O–H groups in total. The molecule has 0 spiro atoms. The van der Waals surface area contributed by atoms with Gasteiger partial charge < -0.3 is 5.32 Å². The molecule has 0 bridgehead atoms. The SMILES string of the molecule is CONC(=O)C(=O)[C@@H](Cc1ccccc1)NC(=O)c1cccnc1-n1ccc(-c2ccc(F)cc2)n1. The molecule has 0 aliphatic rings. The molecule has 2 aromatic heterocycles. The van der Waals surface area contributed by atoms with Gasteiger partial charge in [-0.1, -0.05) is 30.3 Å². The molecule has 36 heavy (non-hydrogen) atoms. The van der Waals surface area contributed by atoms with Gasteiger partial charge in [0.1, 0.15) is 11.9 Å². The van der Waals surface area contributed by atoms with Gasteiger partial charge in [0, 0.05) is 24.4 Å². The molecular formula is C26H22FN5O4. The number of carbonyl (C=O) groups excluding carboxylic acids is 3. The molecule has 2 heterocycles. The van der Waals surface area contributed by atoms with Crippen LogP contribution in [-0.4, -0.2) is 45.5 Å². The molecule has 0 saturated carbocycles. The molecule has 10 heteroatoms. The minimum absolute atomic E-state index is 0.0919. The van der Waals surface area contributed by atoms with Gasteiger partial charge in [-0.25, -0.2) is 19.5 Å². The monoisotopic (exact) mass is 487 g/mol. The highest BCUT2D eigenvalue weighted by Gasteiger charge is 2.29. The van der Waals surface area contributed by atoms with Crippen molar-refractivity contribution in [1.29, 1.82) is 0 Å². The lowest BCUT2D eigenvalue weighted by Crippen LogP contribution is -2.48. The smallest absolute Gasteiger partial charge is 0.313 e. The van der Waals surface area contributed by atoms with E-state index < -0.39 is 23.6 Å². The zero-order chi connectivity index (χ0) is 25.5. The highest BCUT2D eigenvalue weighted by atomic mass is 19.1. The van der Waals surface area contributed by atoms with Crippen LogP contribution in [0.1, 0.15) is 15.9 Å². The summed E-state index contributed by atoms with van der Waals surface area (Å²) in [6, 6.07) is 18.5. The van der Waals surface area contributed by atoms with Gasteiger partial charge in [-0.05, 0) is 48.0 Å². The normalized spacial score (nSPS) is 11.5. The molecule has 182 valence electrons. The summed E-state index contributed by atoms with van der Waals surface area (Å²) in [5.74, 6) is -2.61. The maximum atomic E-state index is 13.3. The Morgan fingerprint density at radius 3 is 2.47 bits per heavy atom. The highest BCUT2D eigenvalue weighted by molar-refractivity contribution is 6.38. The van der Waals surface area contributed by atoms with Crippen LogP contribution in [0.5, 0.6) is 0 Å². The second kappa shape index (κ2) is 11.2. The van der Waals surface area contributed by atoms with Gasteiger partial charge in [-0.2, -0.15) is 5.10 Å². The molecule has 2 amide bonds. The average molecular weight is 487 g/mol. The number of Topliss-reactive ketones (excluding diaryl/α,β-unsaturated/α-hetero) is 1. The lowest BCUT2D eigenvalue weighted by Gasteiger charge is -2.18. The molecule has 9 nitrogen and oxygen atoms in total. The van der Waals surface area contributed by atoms with E-state index in [2.05, 4.69) is 20.2 Å². The van der Waals surface area contributed by atoms with Crippen molar-refractivity contribution >= 4 is 17.6 Å². The number of pyridine rings is 1. The van der Waals surface area contributed by atoms with E-state index in [-0.39, 0.29) is 23.6 Å². The van der Waals surface area contributed by atoms with Crippen LogP contribution in [0, 0.1) is 5.82 Å². The summed E-state index contributed by atoms with van der Waals surface area (Å²) in [5, 5.41) is 7.11. The minimum Gasteiger partial charge on any atom is -0.341 e. The third kappa shape index (κ3) is 5.68. The second-order valence-corrected chi connectivity index (χ2v) is 7.74. The zero-order valence-corrected chi connectivity index (χ0v) is 19.2. The third-order valence-electron chi connectivity index (χ3n) is 5.30. The number of amides is 2. The number of ketones is 1. The van der Waals surface area contributed by atoms with Gasteiger partial charge in [-0.3, -0.25) is 19.2 Å². The quantitative estimate of drug-likeness (QED) is 0.277. The maximum absolute atomic E-state index is 13.3. The number of hydroxylamine groups is 1. The fraction of sp³-hybridized carbons (Fsp3) is 0.115. The van der Waals surface area contributed by atoms with E-state index in [1.54, 1.807) is 54.7 Å². The van der Waals surface area contributed by atoms with E-state index in [0.717, 1.165) is 5.56 Å². The second-order valence-electron chi connectivity index (χ2n) is 7.74. The summed E-state index contributed by atoms with van der Waals surface area (Å²) in [5.41, 5.74) is 4.14. The number of rotatable bonds is 9. The molecular weight excluding hydrogens is 465 g/mol. The standard InChI is InChI=1S/C26H22FN5O4/c1-36-31-26(35)23(33)22(16-17-6-3-2-4-7-17)29-25(34)20-8-5-14-28-24(20)32-15-13-21(30-32)18-9-11-19(27)12-10-18/h2-15,22H,16H2,1H3,(H,29,34)(H,31,35)/t22-/m1/s1. The Balaban J connectivity index is 1.61. The summed E-state index contributed by atoms with van der Waals surface area (Å²) in [7, 11) is 1.21. The number of carbonyl (C=O) groups is 3. The van der Waals surface area contributed by atoms with Crippen molar-refractivity contribution in [2.75, 3.05) is 7.11 Å². The van der Waals surface area contributed by atoms with E-state index in [1.807, 2.05) is 11.5 Å². The van der Waals surface area contributed by atoms with Crippen molar-refractivity contribution in [1.82, 2.24) is 25.6 Å². The van der Waals surface area contributed by atoms with Gasteiger partial charge in [0.15, 0.2) is 5.82 Å². The molecule has 0 fully saturated rings. The van der Waals surface area contributed by atoms with E-state index in [0.29, 0.717) is 11.3 Å². The van der Waals surface area contributed by atoms with E-state index >= 15 is 0 Å². The zero-order valence-electron chi connectivity index (χ0n) is 19.2. The number of hydrogen-bond acceptors (Lipinski definition) is 6. The molecule has 4 aromatic rings. The first kappa shape index (κ1) is 24.4. The van der Waals surface area contributed by atoms with Crippen molar-refractivity contribution in [3.8, 4) is 17.1 Å². The largest absolute Gasteiger partial charge is 0.341 e. The Morgan fingerprint density at radius 2 is 1.75 bits per heavy atom. The Labute approximate surface area is 205 Å². The van der Waals surface area contributed by atoms with Crippen molar-refractivity contribution in [2.45, 2.75) is 12.5 Å². The van der Waals surface area contributed by atoms with Crippen LogP contribution in [0.15, 0.2) is 85.2 Å². The van der Waals surface area contributed by atoms with Gasteiger partial charge in [0.25, 0.3) is 5.91 Å². The number of hydrogen-bond donors (Lipinski definition) is 2. The Kier molecular flexibility index (Phi) is 7.57. The van der Waals surface area contributed by atoms with Crippen LogP contribution in [0.3, 0.4) is 0 Å². The van der Waals surface area contributed by atoms with E-state index in [4.69, 9.17) is 0 Å². The predicted molar refractivity (Wildman–Crippen MR) is 128 cm³/mol. The first-order valence-corrected chi connectivity index (χ1v) is 10.9. The van der Waals surface area contributed by atoms with Crippen molar-refractivity contribution in [3.63, 3.8) is 0 Å². The number of benzene rings is 2. The van der Waals surface area contributed by atoms with Crippen LogP contribution >= 0.6 is 0 Å². The van der Waals surface area contributed by atoms with Crippen molar-refractivity contribution < 1.29 is 23.6 Å². The lowest BCUT2D eigenvalue weighted by molar-refractivity contribution is -0.145. The first-order chi connectivity index (χ1) is 17.5. The van der Waals surface area contributed by atoms with E-state index in [1.165, 1.54) is 36.2 Å². The molecule has 4 rings (SSSR count). The Morgan fingerprint density at radius 1 is 1.00 bits per heavy atom. The third-order valence-corrected chi connectivity index (χ3v) is 5.30. The van der Waals surface area contributed by atoms with Gasteiger partial charge in [0.05, 0.1) is 18.4 Å². The summed E-state index contributed by atoms with van der Waals surface area (Å²) < 4.78 is 14.7. The fourth-order valence-electron chi connectivity index (χ4n) is 3.57. The average Bonchev–Trinajstić information content (AvgIpc) is 3.39. The first-order valence-electron chi connectivity index (χ1n) is 10.9. The van der Waals surface area contributed by atoms with Gasteiger partial charge >= 0.3 is 5.91 Å². The van der Waals surface area contributed by atoms with Crippen molar-refractivity contribution in [3.05, 3.63) is 102 Å². The minimum atomic E-state index is -1.16. The summed E-state index contributed by atoms with van der Waals surface area (Å²) >= 11 is 0. The molecule has 0 unspecified atom stereocenters. The molecule has 0 aliphatic carbocycles. The summed E-state index contributed by atoms with van der Waals surface area (Å²) in [6.07, 6.45) is 3.22. The van der Waals surface area contributed by atoms with Crippen LogP contribution in [0.25, 0.3) is 17.1 Å². The van der Waals surface area contributed by atoms with Crippen LogP contribution in [0.2, 0.25) is 0 Å². The molecule has 1 atom stereocenters. The topological polar surface area (TPSA) is 115 Å². The molecule has 0 saturated heterocycles. The Hall–Kier alpha value is -4.70. The van der Waals surface area contributed by atoms with E-state index in [9.17, 15) is 18.8 Å². The Bertz CT molecular complexity index is 1370. The molecule has 0 aliphatic heterocycles. The predicted octanol–water partition coefficient (Wildman–Crippen LogP) is 2.66. The fourth-order valence-corrected chi connectivity index (χ4v) is 3.57. The van der Waals surface area contributed by atoms with Crippen LogP contribution in [-0.2, 0) is 20.8 Å². The van der Waals surface area contributed by atoms with Gasteiger partial charge in [0.2, 0.25) is 5.78 Å². The number of nitrogens with one attached hydrogen (secondary N) is 2. The summed E-state index contributed by atoms with van der Waals surface area (Å²) in [6.45, 7) is 0. The maximum Gasteiger partial charge on any atom is 0.313 e. The number of nitrogens with zero attached hydrogens (tertiary/aromatic N) is 3. The molecule has 0 radical (unpaired) electrons. The number of aromatic nitrogens is 3. The van der Waals surface area contributed by atoms with Crippen LogP contribution in [0.4, 0.5) is 4.39 Å². The van der Waals surface area contributed by atoms with Gasteiger partial charge in [-0.15, -0.1) is 0 Å². The van der Waals surface area contributed by atoms with Crippen LogP contribution < -0.4 is 10.8 Å². The lowest BCUT2D eigenvalue weighted by atomic mass is 10.0.